The van der Waals surface area contributed by atoms with Gasteiger partial charge in [0.2, 0.25) is 0 Å². The Kier molecular flexibility index (Phi) is 8.57. The van der Waals surface area contributed by atoms with E-state index < -0.39 is 0 Å². The first-order chi connectivity index (χ1) is 13.2. The van der Waals surface area contributed by atoms with E-state index in [1.54, 1.807) is 0 Å². The minimum absolute atomic E-state index is 0.791. The fraction of sp³-hybridized carbons (Fsp3) is 0.800. The summed E-state index contributed by atoms with van der Waals surface area (Å²) >= 11 is 0. The van der Waals surface area contributed by atoms with Gasteiger partial charge in [-0.15, -0.1) is 0 Å². The van der Waals surface area contributed by atoms with Gasteiger partial charge < -0.3 is 13.9 Å². The lowest BCUT2D eigenvalue weighted by atomic mass is 10.3. The fourth-order valence-corrected chi connectivity index (χ4v) is 3.56. The zero-order valence-electron chi connectivity index (χ0n) is 17.1. The molecule has 1 fully saturated rings. The van der Waals surface area contributed by atoms with Crippen LogP contribution in [0.5, 0.6) is 0 Å². The van der Waals surface area contributed by atoms with Crippen LogP contribution < -0.4 is 0 Å². The first kappa shape index (κ1) is 20.8. The predicted octanol–water partition coefficient (Wildman–Crippen LogP) is 0.808. The Morgan fingerprint density at radius 3 is 1.41 bits per heavy atom. The van der Waals surface area contributed by atoms with E-state index in [1.807, 2.05) is 0 Å². The minimum Gasteiger partial charge on any atom is -0.463 e. The van der Waals surface area contributed by atoms with Gasteiger partial charge in [0.1, 0.15) is 11.5 Å². The summed E-state index contributed by atoms with van der Waals surface area (Å²) in [7, 11) is 4.31. The van der Waals surface area contributed by atoms with Crippen molar-refractivity contribution in [2.75, 3.05) is 92.9 Å². The first-order valence-corrected chi connectivity index (χ1v) is 10.2. The van der Waals surface area contributed by atoms with Crippen molar-refractivity contribution in [3.05, 3.63) is 23.7 Å². The molecule has 0 saturated carbocycles. The van der Waals surface area contributed by atoms with Gasteiger partial charge in [-0.3, -0.25) is 19.6 Å². The van der Waals surface area contributed by atoms with E-state index >= 15 is 0 Å². The zero-order valence-corrected chi connectivity index (χ0v) is 17.1. The molecule has 154 valence electrons. The van der Waals surface area contributed by atoms with Crippen LogP contribution in [0.2, 0.25) is 0 Å². The Morgan fingerprint density at radius 1 is 0.593 bits per heavy atom. The van der Waals surface area contributed by atoms with Crippen molar-refractivity contribution in [2.24, 2.45) is 0 Å². The second-order valence-electron chi connectivity index (χ2n) is 7.75. The highest BCUT2D eigenvalue weighted by atomic mass is 16.5. The topological polar surface area (TPSA) is 44.6 Å². The van der Waals surface area contributed by atoms with Gasteiger partial charge in [0, 0.05) is 52.4 Å². The van der Waals surface area contributed by atoms with Gasteiger partial charge in [0.15, 0.2) is 0 Å². The number of furan rings is 1. The van der Waals surface area contributed by atoms with E-state index in [2.05, 4.69) is 45.8 Å². The number of hydrogen-bond donors (Lipinski definition) is 0. The van der Waals surface area contributed by atoms with E-state index in [0.717, 1.165) is 103 Å². The number of fused-ring (bicyclic) bond motifs is 14. The van der Waals surface area contributed by atoms with Crippen molar-refractivity contribution in [1.29, 1.82) is 0 Å². The summed E-state index contributed by atoms with van der Waals surface area (Å²) in [6.07, 6.45) is 0. The third kappa shape index (κ3) is 7.52. The van der Waals surface area contributed by atoms with E-state index in [-0.39, 0.29) is 0 Å². The number of hydrogen-bond acceptors (Lipinski definition) is 7. The van der Waals surface area contributed by atoms with Crippen LogP contribution in [0.3, 0.4) is 0 Å². The lowest BCUT2D eigenvalue weighted by Crippen LogP contribution is -2.40. The molecule has 27 heavy (non-hydrogen) atoms. The minimum atomic E-state index is 0.791. The van der Waals surface area contributed by atoms with Crippen molar-refractivity contribution in [3.63, 3.8) is 0 Å². The highest BCUT2D eigenvalue weighted by Gasteiger charge is 2.13. The van der Waals surface area contributed by atoms with Crippen LogP contribution in [0.4, 0.5) is 0 Å². The third-order valence-corrected chi connectivity index (χ3v) is 5.37. The van der Waals surface area contributed by atoms with Crippen LogP contribution in [0, 0.1) is 0 Å². The van der Waals surface area contributed by atoms with Crippen LogP contribution in [0.15, 0.2) is 16.5 Å². The molecule has 3 aliphatic rings. The van der Waals surface area contributed by atoms with Crippen LogP contribution in [0.1, 0.15) is 11.5 Å². The average molecular weight is 381 g/mol. The highest BCUT2D eigenvalue weighted by Crippen LogP contribution is 2.12. The zero-order chi connectivity index (χ0) is 18.9. The maximum atomic E-state index is 6.06. The van der Waals surface area contributed by atoms with E-state index in [1.165, 1.54) is 0 Å². The SMILES string of the molecule is CN1CCN2CCOCCN(CCOCC2)CCN(C)Cc2ccc(o2)C1. The van der Waals surface area contributed by atoms with Crippen molar-refractivity contribution < 1.29 is 13.9 Å². The molecule has 1 aromatic heterocycles. The summed E-state index contributed by atoms with van der Waals surface area (Å²) in [6.45, 7) is 12.8. The summed E-state index contributed by atoms with van der Waals surface area (Å²) in [4.78, 5) is 9.54. The first-order valence-electron chi connectivity index (χ1n) is 10.2. The Labute approximate surface area is 163 Å². The molecule has 0 unspecified atom stereocenters. The summed E-state index contributed by atoms with van der Waals surface area (Å²) in [5.41, 5.74) is 0. The standard InChI is InChI=1S/C20H36N4O3/c1-21-5-7-23-9-13-25-15-11-24(12-16-26-14-10-23)8-6-22(2)18-20-4-3-19(17-21)27-20/h3-4H,5-18H2,1-2H3. The number of nitrogens with zero attached hydrogens (tertiary/aromatic N) is 4. The monoisotopic (exact) mass is 380 g/mol. The highest BCUT2D eigenvalue weighted by molar-refractivity contribution is 5.07. The van der Waals surface area contributed by atoms with Crippen LogP contribution >= 0.6 is 0 Å². The summed E-state index contributed by atoms with van der Waals surface area (Å²) in [5, 5.41) is 0. The van der Waals surface area contributed by atoms with E-state index in [4.69, 9.17) is 13.9 Å². The molecule has 0 radical (unpaired) electrons. The molecule has 7 nitrogen and oxygen atoms in total. The average Bonchev–Trinajstić information content (AvgIpc) is 3.06. The largest absolute Gasteiger partial charge is 0.463 e. The molecule has 0 atom stereocenters. The van der Waals surface area contributed by atoms with Crippen molar-refractivity contribution in [3.8, 4) is 0 Å². The molecule has 4 bridgehead atoms. The molecular formula is C20H36N4O3. The fourth-order valence-electron chi connectivity index (χ4n) is 3.56. The molecular weight excluding hydrogens is 344 g/mol. The predicted molar refractivity (Wildman–Crippen MR) is 106 cm³/mol. The third-order valence-electron chi connectivity index (χ3n) is 5.37. The Morgan fingerprint density at radius 2 is 1.00 bits per heavy atom. The summed E-state index contributed by atoms with van der Waals surface area (Å²) < 4.78 is 17.9. The second kappa shape index (κ2) is 11.1. The Balaban J connectivity index is 1.68. The molecule has 7 heteroatoms. The van der Waals surface area contributed by atoms with E-state index in [0.29, 0.717) is 0 Å². The maximum Gasteiger partial charge on any atom is 0.118 e. The van der Waals surface area contributed by atoms with Crippen molar-refractivity contribution >= 4 is 0 Å². The van der Waals surface area contributed by atoms with Crippen molar-refractivity contribution in [1.82, 2.24) is 19.6 Å². The molecule has 4 heterocycles. The number of likely N-dealkylation sites (N-methyl/N-ethyl adjacent to an activating group) is 2. The summed E-state index contributed by atoms with van der Waals surface area (Å²) in [6, 6.07) is 4.24. The van der Waals surface area contributed by atoms with Crippen LogP contribution in [-0.2, 0) is 22.6 Å². The van der Waals surface area contributed by atoms with Gasteiger partial charge in [0.25, 0.3) is 0 Å². The molecule has 0 N–H and O–H groups in total. The van der Waals surface area contributed by atoms with Crippen LogP contribution in [0.25, 0.3) is 0 Å². The van der Waals surface area contributed by atoms with Gasteiger partial charge in [-0.05, 0) is 26.2 Å². The number of rotatable bonds is 0. The van der Waals surface area contributed by atoms with Crippen LogP contribution in [-0.4, -0.2) is 112 Å². The maximum absolute atomic E-state index is 6.06. The summed E-state index contributed by atoms with van der Waals surface area (Å²) in [5.74, 6) is 2.09. The molecule has 1 aromatic rings. The van der Waals surface area contributed by atoms with Gasteiger partial charge in [-0.1, -0.05) is 0 Å². The van der Waals surface area contributed by atoms with Crippen molar-refractivity contribution in [2.45, 2.75) is 13.1 Å². The smallest absolute Gasteiger partial charge is 0.118 e. The Bertz CT molecular complexity index is 483. The van der Waals surface area contributed by atoms with E-state index in [9.17, 15) is 0 Å². The lowest BCUT2D eigenvalue weighted by Gasteiger charge is -2.28. The molecule has 3 aliphatic heterocycles. The normalized spacial score (nSPS) is 28.7. The molecule has 4 rings (SSSR count). The molecule has 0 amide bonds. The van der Waals surface area contributed by atoms with Gasteiger partial charge in [0.05, 0.1) is 39.5 Å². The second-order valence-corrected chi connectivity index (χ2v) is 7.75. The lowest BCUT2D eigenvalue weighted by molar-refractivity contribution is 0.0336. The molecule has 0 spiro atoms. The van der Waals surface area contributed by atoms with Gasteiger partial charge in [-0.2, -0.15) is 0 Å². The van der Waals surface area contributed by atoms with Gasteiger partial charge in [-0.25, -0.2) is 0 Å². The number of ether oxygens (including phenoxy) is 2. The molecule has 0 aliphatic carbocycles. The molecule has 1 saturated heterocycles. The van der Waals surface area contributed by atoms with Gasteiger partial charge >= 0.3 is 0 Å². The Hall–Kier alpha value is -0.960. The molecule has 0 aromatic carbocycles. The quantitative estimate of drug-likeness (QED) is 0.660.